The van der Waals surface area contributed by atoms with Gasteiger partial charge in [0.25, 0.3) is 0 Å². The molecule has 2 atom stereocenters. The smallest absolute Gasteiger partial charge is 0.222 e. The molecule has 0 aliphatic carbocycles. The second-order valence-electron chi connectivity index (χ2n) is 5.48. The zero-order valence-corrected chi connectivity index (χ0v) is 12.4. The lowest BCUT2D eigenvalue weighted by Crippen LogP contribution is -2.32. The predicted molar refractivity (Wildman–Crippen MR) is 80.0 cm³/mol. The molecule has 1 aromatic rings. The number of carbonyl (C=O) groups excluding carboxylic acids is 1. The number of carbonyl (C=O) groups is 1. The van der Waals surface area contributed by atoms with Crippen molar-refractivity contribution < 1.29 is 4.79 Å². The van der Waals surface area contributed by atoms with Crippen molar-refractivity contribution in [1.29, 1.82) is 0 Å². The number of hydrogen-bond donors (Lipinski definition) is 2. The number of rotatable bonds is 6. The maximum absolute atomic E-state index is 11.8. The summed E-state index contributed by atoms with van der Waals surface area (Å²) in [4.78, 5) is 11.8. The normalized spacial score (nSPS) is 14.2. The highest BCUT2D eigenvalue weighted by Crippen LogP contribution is 2.18. The minimum atomic E-state index is -0.0458. The Labute approximate surface area is 116 Å². The minimum Gasteiger partial charge on any atom is -0.350 e. The van der Waals surface area contributed by atoms with Crippen LogP contribution in [0.5, 0.6) is 0 Å². The highest BCUT2D eigenvalue weighted by Gasteiger charge is 2.12. The summed E-state index contributed by atoms with van der Waals surface area (Å²) in [5.74, 6) is 0.552. The first-order valence-corrected chi connectivity index (χ1v) is 7.08. The SMILES string of the molecule is CCC(N)CC(=O)NC(C)c1ccc(C(C)C)cc1. The third-order valence-electron chi connectivity index (χ3n) is 3.45. The number of nitrogens with two attached hydrogens (primary N) is 1. The summed E-state index contributed by atoms with van der Waals surface area (Å²) < 4.78 is 0. The van der Waals surface area contributed by atoms with E-state index in [0.717, 1.165) is 12.0 Å². The van der Waals surface area contributed by atoms with Crippen LogP contribution in [0, 0.1) is 0 Å². The molecule has 0 radical (unpaired) electrons. The molecule has 19 heavy (non-hydrogen) atoms. The molecule has 2 unspecified atom stereocenters. The van der Waals surface area contributed by atoms with Gasteiger partial charge in [-0.3, -0.25) is 4.79 Å². The van der Waals surface area contributed by atoms with Crippen LogP contribution in [0.1, 0.15) is 63.6 Å². The summed E-state index contributed by atoms with van der Waals surface area (Å²) in [6, 6.07) is 8.40. The van der Waals surface area contributed by atoms with E-state index in [0.29, 0.717) is 12.3 Å². The lowest BCUT2D eigenvalue weighted by atomic mass is 9.99. The standard InChI is InChI=1S/C16H26N2O/c1-5-15(17)10-16(19)18-12(4)14-8-6-13(7-9-14)11(2)3/h6-9,11-12,15H,5,10,17H2,1-4H3,(H,18,19). The van der Waals surface area contributed by atoms with Gasteiger partial charge in [-0.25, -0.2) is 0 Å². The van der Waals surface area contributed by atoms with E-state index in [-0.39, 0.29) is 18.0 Å². The first kappa shape index (κ1) is 15.7. The van der Waals surface area contributed by atoms with E-state index in [2.05, 4.69) is 43.4 Å². The van der Waals surface area contributed by atoms with Gasteiger partial charge in [0.1, 0.15) is 0 Å². The second-order valence-corrected chi connectivity index (χ2v) is 5.48. The number of benzene rings is 1. The Bertz CT molecular complexity index is 398. The maximum atomic E-state index is 11.8. The minimum absolute atomic E-state index is 0.0230. The molecular formula is C16H26N2O. The van der Waals surface area contributed by atoms with Crippen molar-refractivity contribution in [2.45, 2.75) is 58.5 Å². The van der Waals surface area contributed by atoms with Gasteiger partial charge in [0.2, 0.25) is 5.91 Å². The van der Waals surface area contributed by atoms with Crippen molar-refractivity contribution in [3.8, 4) is 0 Å². The lowest BCUT2D eigenvalue weighted by Gasteiger charge is -2.17. The molecule has 0 saturated carbocycles. The average Bonchev–Trinajstić information content (AvgIpc) is 2.38. The quantitative estimate of drug-likeness (QED) is 0.827. The molecule has 3 nitrogen and oxygen atoms in total. The fourth-order valence-electron chi connectivity index (χ4n) is 1.94. The van der Waals surface area contributed by atoms with Crippen molar-refractivity contribution >= 4 is 5.91 Å². The molecule has 1 aromatic carbocycles. The van der Waals surface area contributed by atoms with E-state index in [1.54, 1.807) is 0 Å². The van der Waals surface area contributed by atoms with Gasteiger partial charge in [0.15, 0.2) is 0 Å². The van der Waals surface area contributed by atoms with E-state index >= 15 is 0 Å². The molecule has 0 aliphatic heterocycles. The molecule has 0 bridgehead atoms. The van der Waals surface area contributed by atoms with E-state index in [4.69, 9.17) is 5.73 Å². The zero-order valence-electron chi connectivity index (χ0n) is 12.4. The van der Waals surface area contributed by atoms with E-state index in [9.17, 15) is 4.79 Å². The van der Waals surface area contributed by atoms with Crippen LogP contribution >= 0.6 is 0 Å². The molecule has 1 amide bonds. The highest BCUT2D eigenvalue weighted by molar-refractivity contribution is 5.77. The summed E-state index contributed by atoms with van der Waals surface area (Å²) in [6.45, 7) is 8.34. The Balaban J connectivity index is 2.57. The zero-order chi connectivity index (χ0) is 14.4. The first-order chi connectivity index (χ1) is 8.93. The Hall–Kier alpha value is -1.35. The van der Waals surface area contributed by atoms with Crippen LogP contribution in [0.3, 0.4) is 0 Å². The predicted octanol–water partition coefficient (Wildman–Crippen LogP) is 3.11. The highest BCUT2D eigenvalue weighted by atomic mass is 16.1. The van der Waals surface area contributed by atoms with Gasteiger partial charge in [0, 0.05) is 12.5 Å². The van der Waals surface area contributed by atoms with Crippen LogP contribution in [0.25, 0.3) is 0 Å². The molecule has 0 aliphatic rings. The third kappa shape index (κ3) is 5.03. The largest absolute Gasteiger partial charge is 0.350 e. The average molecular weight is 262 g/mol. The van der Waals surface area contributed by atoms with Gasteiger partial charge in [-0.2, -0.15) is 0 Å². The van der Waals surface area contributed by atoms with Crippen LogP contribution in [-0.2, 0) is 4.79 Å². The third-order valence-corrected chi connectivity index (χ3v) is 3.45. The Morgan fingerprint density at radius 3 is 2.16 bits per heavy atom. The Kier molecular flexibility index (Phi) is 6.03. The Morgan fingerprint density at radius 1 is 1.16 bits per heavy atom. The van der Waals surface area contributed by atoms with E-state index in [1.165, 1.54) is 5.56 Å². The van der Waals surface area contributed by atoms with Gasteiger partial charge in [-0.1, -0.05) is 45.0 Å². The molecule has 0 heterocycles. The summed E-state index contributed by atoms with van der Waals surface area (Å²) in [7, 11) is 0. The van der Waals surface area contributed by atoms with Crippen molar-refractivity contribution in [1.82, 2.24) is 5.32 Å². The fourth-order valence-corrected chi connectivity index (χ4v) is 1.94. The van der Waals surface area contributed by atoms with E-state index in [1.807, 2.05) is 13.8 Å². The van der Waals surface area contributed by atoms with Crippen LogP contribution in [0.4, 0.5) is 0 Å². The summed E-state index contributed by atoms with van der Waals surface area (Å²) in [6.07, 6.45) is 1.22. The van der Waals surface area contributed by atoms with Gasteiger partial charge in [0.05, 0.1) is 6.04 Å². The molecule has 0 spiro atoms. The molecular weight excluding hydrogens is 236 g/mol. The monoisotopic (exact) mass is 262 g/mol. The lowest BCUT2D eigenvalue weighted by molar-refractivity contribution is -0.122. The number of nitrogens with one attached hydrogen (secondary N) is 1. The van der Waals surface area contributed by atoms with Crippen LogP contribution in [0.15, 0.2) is 24.3 Å². The molecule has 0 aromatic heterocycles. The van der Waals surface area contributed by atoms with Crippen molar-refractivity contribution in [3.63, 3.8) is 0 Å². The topological polar surface area (TPSA) is 55.1 Å². The van der Waals surface area contributed by atoms with Gasteiger partial charge in [-0.05, 0) is 30.4 Å². The number of amides is 1. The molecule has 3 N–H and O–H groups in total. The second kappa shape index (κ2) is 7.29. The summed E-state index contributed by atoms with van der Waals surface area (Å²) in [5, 5.41) is 2.99. The molecule has 106 valence electrons. The number of hydrogen-bond acceptors (Lipinski definition) is 2. The Morgan fingerprint density at radius 2 is 1.68 bits per heavy atom. The first-order valence-electron chi connectivity index (χ1n) is 7.08. The maximum Gasteiger partial charge on any atom is 0.222 e. The van der Waals surface area contributed by atoms with E-state index < -0.39 is 0 Å². The van der Waals surface area contributed by atoms with Gasteiger partial charge >= 0.3 is 0 Å². The van der Waals surface area contributed by atoms with Gasteiger partial charge in [-0.15, -0.1) is 0 Å². The molecule has 3 heteroatoms. The van der Waals surface area contributed by atoms with Crippen molar-refractivity contribution in [2.75, 3.05) is 0 Å². The van der Waals surface area contributed by atoms with Crippen LogP contribution in [-0.4, -0.2) is 11.9 Å². The molecule has 0 saturated heterocycles. The summed E-state index contributed by atoms with van der Waals surface area (Å²) in [5.41, 5.74) is 8.22. The van der Waals surface area contributed by atoms with Crippen LogP contribution in [0.2, 0.25) is 0 Å². The summed E-state index contributed by atoms with van der Waals surface area (Å²) >= 11 is 0. The molecule has 0 fully saturated rings. The fraction of sp³-hybridized carbons (Fsp3) is 0.562. The van der Waals surface area contributed by atoms with Gasteiger partial charge < -0.3 is 11.1 Å². The van der Waals surface area contributed by atoms with Crippen molar-refractivity contribution in [2.24, 2.45) is 5.73 Å². The van der Waals surface area contributed by atoms with Crippen molar-refractivity contribution in [3.05, 3.63) is 35.4 Å². The molecule has 1 rings (SSSR count). The van der Waals surface area contributed by atoms with Crippen LogP contribution < -0.4 is 11.1 Å².